The van der Waals surface area contributed by atoms with Crippen molar-refractivity contribution in [2.45, 2.75) is 19.5 Å². The molecule has 0 aliphatic carbocycles. The molecule has 0 unspecified atom stereocenters. The summed E-state index contributed by atoms with van der Waals surface area (Å²) in [6, 6.07) is 7.60. The van der Waals surface area contributed by atoms with Crippen molar-refractivity contribution in [2.75, 3.05) is 13.1 Å². The van der Waals surface area contributed by atoms with Crippen LogP contribution in [0, 0.1) is 0 Å². The molecule has 2 heterocycles. The maximum atomic E-state index is 12.2. The quantitative estimate of drug-likeness (QED) is 0.807. The van der Waals surface area contributed by atoms with E-state index >= 15 is 0 Å². The summed E-state index contributed by atoms with van der Waals surface area (Å²) in [5.41, 5.74) is 0.769. The number of carbonyl (C=O) groups excluding carboxylic acids is 1. The second-order valence-electron chi connectivity index (χ2n) is 4.97. The number of hydrogen-bond acceptors (Lipinski definition) is 3. The molecule has 0 bridgehead atoms. The Morgan fingerprint density at radius 1 is 1.30 bits per heavy atom. The Morgan fingerprint density at radius 2 is 2.15 bits per heavy atom. The SMILES string of the molecule is O=C(CCN1CCn2ccnc2C1)c1ccccc1Br. The van der Waals surface area contributed by atoms with Crippen molar-refractivity contribution in [3.63, 3.8) is 0 Å². The van der Waals surface area contributed by atoms with Crippen LogP contribution >= 0.6 is 15.9 Å². The minimum absolute atomic E-state index is 0.186. The van der Waals surface area contributed by atoms with Gasteiger partial charge >= 0.3 is 0 Å². The molecule has 0 saturated carbocycles. The number of halogens is 1. The minimum atomic E-state index is 0.186. The van der Waals surface area contributed by atoms with Crippen molar-refractivity contribution in [1.29, 1.82) is 0 Å². The van der Waals surface area contributed by atoms with Crippen molar-refractivity contribution in [2.24, 2.45) is 0 Å². The van der Waals surface area contributed by atoms with Gasteiger partial charge in [-0.3, -0.25) is 9.69 Å². The molecule has 0 atom stereocenters. The molecule has 1 aliphatic heterocycles. The predicted molar refractivity (Wildman–Crippen MR) is 80.6 cm³/mol. The molecule has 0 saturated heterocycles. The van der Waals surface area contributed by atoms with Crippen LogP contribution in [-0.4, -0.2) is 33.3 Å². The van der Waals surface area contributed by atoms with Gasteiger partial charge in [0.2, 0.25) is 0 Å². The Labute approximate surface area is 126 Å². The van der Waals surface area contributed by atoms with Crippen molar-refractivity contribution < 1.29 is 4.79 Å². The van der Waals surface area contributed by atoms with E-state index in [1.54, 1.807) is 0 Å². The van der Waals surface area contributed by atoms with E-state index in [1.165, 1.54) is 0 Å². The molecular formula is C15H16BrN3O. The van der Waals surface area contributed by atoms with E-state index in [2.05, 4.69) is 30.4 Å². The fourth-order valence-corrected chi connectivity index (χ4v) is 3.00. The van der Waals surface area contributed by atoms with Gasteiger partial charge in [-0.05, 0) is 6.07 Å². The van der Waals surface area contributed by atoms with Gasteiger partial charge in [0, 0.05) is 48.5 Å². The lowest BCUT2D eigenvalue weighted by molar-refractivity contribution is 0.0954. The number of fused-ring (bicyclic) bond motifs is 1. The fourth-order valence-electron chi connectivity index (χ4n) is 2.50. The lowest BCUT2D eigenvalue weighted by Crippen LogP contribution is -2.35. The number of carbonyl (C=O) groups is 1. The number of Topliss-reactive ketones (excluding diaryl/α,β-unsaturated/α-hetero) is 1. The molecular weight excluding hydrogens is 318 g/mol. The van der Waals surface area contributed by atoms with E-state index in [0.29, 0.717) is 6.42 Å². The highest BCUT2D eigenvalue weighted by Gasteiger charge is 2.18. The van der Waals surface area contributed by atoms with Crippen molar-refractivity contribution in [3.8, 4) is 0 Å². The number of benzene rings is 1. The van der Waals surface area contributed by atoms with E-state index in [0.717, 1.165) is 42.0 Å². The number of nitrogens with zero attached hydrogens (tertiary/aromatic N) is 3. The van der Waals surface area contributed by atoms with Gasteiger partial charge in [-0.1, -0.05) is 34.1 Å². The van der Waals surface area contributed by atoms with E-state index in [1.807, 2.05) is 36.7 Å². The van der Waals surface area contributed by atoms with Crippen molar-refractivity contribution >= 4 is 21.7 Å². The van der Waals surface area contributed by atoms with Crippen LogP contribution in [0.15, 0.2) is 41.1 Å². The minimum Gasteiger partial charge on any atom is -0.333 e. The molecule has 20 heavy (non-hydrogen) atoms. The average molecular weight is 334 g/mol. The normalized spacial score (nSPS) is 15.1. The monoisotopic (exact) mass is 333 g/mol. The van der Waals surface area contributed by atoms with E-state index < -0.39 is 0 Å². The third-order valence-corrected chi connectivity index (χ3v) is 4.34. The lowest BCUT2D eigenvalue weighted by Gasteiger charge is -2.27. The smallest absolute Gasteiger partial charge is 0.165 e. The maximum Gasteiger partial charge on any atom is 0.165 e. The summed E-state index contributed by atoms with van der Waals surface area (Å²) in [4.78, 5) is 18.9. The van der Waals surface area contributed by atoms with Crippen LogP contribution in [0.4, 0.5) is 0 Å². The third-order valence-electron chi connectivity index (χ3n) is 3.65. The zero-order valence-electron chi connectivity index (χ0n) is 11.1. The molecule has 5 heteroatoms. The van der Waals surface area contributed by atoms with Gasteiger partial charge in [-0.15, -0.1) is 0 Å². The van der Waals surface area contributed by atoms with Crippen LogP contribution in [0.25, 0.3) is 0 Å². The largest absolute Gasteiger partial charge is 0.333 e. The first-order valence-electron chi connectivity index (χ1n) is 6.74. The lowest BCUT2D eigenvalue weighted by atomic mass is 10.1. The molecule has 1 aliphatic rings. The summed E-state index contributed by atoms with van der Waals surface area (Å²) in [6.45, 7) is 3.55. The molecule has 1 aromatic heterocycles. The van der Waals surface area contributed by atoms with Crippen LogP contribution < -0.4 is 0 Å². The number of imidazole rings is 1. The summed E-state index contributed by atoms with van der Waals surface area (Å²) >= 11 is 3.43. The first-order chi connectivity index (χ1) is 9.74. The van der Waals surface area contributed by atoms with Gasteiger partial charge in [0.05, 0.1) is 6.54 Å². The Bertz CT molecular complexity index is 623. The van der Waals surface area contributed by atoms with Gasteiger partial charge in [0.1, 0.15) is 5.82 Å². The molecule has 104 valence electrons. The number of ketones is 1. The predicted octanol–water partition coefficient (Wildman–Crippen LogP) is 2.73. The van der Waals surface area contributed by atoms with Crippen molar-refractivity contribution in [1.82, 2.24) is 14.5 Å². The summed E-state index contributed by atoms with van der Waals surface area (Å²) in [7, 11) is 0. The molecule has 0 spiro atoms. The molecule has 0 N–H and O–H groups in total. The molecule has 0 fully saturated rings. The molecule has 0 amide bonds. The zero-order chi connectivity index (χ0) is 13.9. The summed E-state index contributed by atoms with van der Waals surface area (Å²) in [6.07, 6.45) is 4.40. The maximum absolute atomic E-state index is 12.2. The average Bonchev–Trinajstić information content (AvgIpc) is 2.92. The highest BCUT2D eigenvalue weighted by atomic mass is 79.9. The summed E-state index contributed by atoms with van der Waals surface area (Å²) in [5, 5.41) is 0. The number of aromatic nitrogens is 2. The zero-order valence-corrected chi connectivity index (χ0v) is 12.7. The van der Waals surface area contributed by atoms with Crippen LogP contribution in [-0.2, 0) is 13.1 Å². The molecule has 1 aromatic carbocycles. The Hall–Kier alpha value is -1.46. The topological polar surface area (TPSA) is 38.1 Å². The highest BCUT2D eigenvalue weighted by Crippen LogP contribution is 2.18. The van der Waals surface area contributed by atoms with Crippen LogP contribution in [0.5, 0.6) is 0 Å². The van der Waals surface area contributed by atoms with Crippen molar-refractivity contribution in [3.05, 3.63) is 52.5 Å². The van der Waals surface area contributed by atoms with E-state index in [9.17, 15) is 4.79 Å². The van der Waals surface area contributed by atoms with Crippen LogP contribution in [0.2, 0.25) is 0 Å². The molecule has 3 rings (SSSR count). The van der Waals surface area contributed by atoms with Gasteiger partial charge in [0.15, 0.2) is 5.78 Å². The Kier molecular flexibility index (Phi) is 3.98. The molecule has 0 radical (unpaired) electrons. The van der Waals surface area contributed by atoms with Gasteiger partial charge in [-0.25, -0.2) is 4.98 Å². The van der Waals surface area contributed by atoms with Gasteiger partial charge < -0.3 is 4.57 Å². The summed E-state index contributed by atoms with van der Waals surface area (Å²) < 4.78 is 3.05. The second kappa shape index (κ2) is 5.89. The second-order valence-corrected chi connectivity index (χ2v) is 5.82. The van der Waals surface area contributed by atoms with E-state index in [-0.39, 0.29) is 5.78 Å². The van der Waals surface area contributed by atoms with Crippen LogP contribution in [0.1, 0.15) is 22.6 Å². The highest BCUT2D eigenvalue weighted by molar-refractivity contribution is 9.10. The Balaban J connectivity index is 1.58. The first kappa shape index (κ1) is 13.5. The molecule has 2 aromatic rings. The third kappa shape index (κ3) is 2.83. The van der Waals surface area contributed by atoms with Gasteiger partial charge in [0.25, 0.3) is 0 Å². The number of rotatable bonds is 4. The van der Waals surface area contributed by atoms with Gasteiger partial charge in [-0.2, -0.15) is 0 Å². The van der Waals surface area contributed by atoms with E-state index in [4.69, 9.17) is 0 Å². The fraction of sp³-hybridized carbons (Fsp3) is 0.333. The van der Waals surface area contributed by atoms with Crippen LogP contribution in [0.3, 0.4) is 0 Å². The summed E-state index contributed by atoms with van der Waals surface area (Å²) in [5.74, 6) is 1.27. The first-order valence-corrected chi connectivity index (χ1v) is 7.53. The standard InChI is InChI=1S/C15H16BrN3O/c16-13-4-2-1-3-12(13)14(20)5-7-18-9-10-19-8-6-17-15(19)11-18/h1-4,6,8H,5,7,9-11H2. The Morgan fingerprint density at radius 3 is 3.00 bits per heavy atom. The molecule has 4 nitrogen and oxygen atoms in total. The number of hydrogen-bond donors (Lipinski definition) is 0.